The van der Waals surface area contributed by atoms with Gasteiger partial charge in [0.25, 0.3) is 0 Å². The summed E-state index contributed by atoms with van der Waals surface area (Å²) < 4.78 is 13.9. The normalized spacial score (nSPS) is 11.9. The van der Waals surface area contributed by atoms with Gasteiger partial charge in [0.15, 0.2) is 11.5 Å². The van der Waals surface area contributed by atoms with Crippen LogP contribution in [0.2, 0.25) is 0 Å². The SMILES string of the molecule is COCCOc1ccc(Nc2ccc3c(c2)ncn3-c2ccc(C(C)O)c(-n3nc(C#N)cc3C)n2)cn1. The topological polar surface area (TPSA) is 136 Å². The standard InChI is InChI=1S/C27H26N8O3/c1-17-12-21(14-28)33-35(17)27-22(18(2)36)6-8-25(32-27)34-16-30-23-13-19(4-7-24(23)34)31-20-5-9-26(29-15-20)38-11-10-37-3/h4-9,12-13,15-16,18,31,36H,10-11H2,1-3H3. The number of imidazole rings is 1. The molecule has 0 aliphatic heterocycles. The van der Waals surface area contributed by atoms with Crippen molar-refractivity contribution in [1.82, 2.24) is 29.3 Å². The molecule has 0 aliphatic rings. The molecule has 5 aromatic rings. The molecule has 0 radical (unpaired) electrons. The molecule has 2 N–H and O–H groups in total. The molecule has 4 heterocycles. The third kappa shape index (κ3) is 5.04. The van der Waals surface area contributed by atoms with Crippen molar-refractivity contribution in [2.45, 2.75) is 20.0 Å². The Bertz CT molecular complexity index is 1620. The molecule has 4 aromatic heterocycles. The highest BCUT2D eigenvalue weighted by molar-refractivity contribution is 5.82. The van der Waals surface area contributed by atoms with Gasteiger partial charge in [0.05, 0.1) is 35.6 Å². The number of anilines is 2. The lowest BCUT2D eigenvalue weighted by atomic mass is 10.1. The number of aliphatic hydroxyl groups excluding tert-OH is 1. The summed E-state index contributed by atoms with van der Waals surface area (Å²) in [6.45, 7) is 4.45. The van der Waals surface area contributed by atoms with Crippen molar-refractivity contribution in [3.63, 3.8) is 0 Å². The maximum absolute atomic E-state index is 10.3. The minimum Gasteiger partial charge on any atom is -0.475 e. The highest BCUT2D eigenvalue weighted by Crippen LogP contribution is 2.27. The Labute approximate surface area is 218 Å². The fourth-order valence-electron chi connectivity index (χ4n) is 4.03. The van der Waals surface area contributed by atoms with Crippen LogP contribution in [0.15, 0.2) is 61.1 Å². The maximum Gasteiger partial charge on any atom is 0.213 e. The van der Waals surface area contributed by atoms with Crippen LogP contribution in [0.25, 0.3) is 22.7 Å². The molecule has 0 amide bonds. The predicted molar refractivity (Wildman–Crippen MR) is 141 cm³/mol. The van der Waals surface area contributed by atoms with Crippen molar-refractivity contribution in [3.8, 4) is 23.6 Å². The van der Waals surface area contributed by atoms with E-state index in [0.717, 1.165) is 28.1 Å². The van der Waals surface area contributed by atoms with Gasteiger partial charge in [-0.3, -0.25) is 4.57 Å². The zero-order chi connectivity index (χ0) is 26.6. The number of benzene rings is 1. The number of fused-ring (bicyclic) bond motifs is 1. The van der Waals surface area contributed by atoms with Gasteiger partial charge in [0.1, 0.15) is 24.8 Å². The monoisotopic (exact) mass is 510 g/mol. The van der Waals surface area contributed by atoms with E-state index in [1.807, 2.05) is 47.9 Å². The summed E-state index contributed by atoms with van der Waals surface area (Å²) in [6.07, 6.45) is 2.64. The first-order valence-corrected chi connectivity index (χ1v) is 12.0. The van der Waals surface area contributed by atoms with Gasteiger partial charge < -0.3 is 19.9 Å². The van der Waals surface area contributed by atoms with E-state index in [-0.39, 0.29) is 5.69 Å². The van der Waals surface area contributed by atoms with Crippen molar-refractivity contribution in [3.05, 3.63) is 78.0 Å². The summed E-state index contributed by atoms with van der Waals surface area (Å²) in [5.74, 6) is 1.59. The molecule has 38 heavy (non-hydrogen) atoms. The molecule has 1 atom stereocenters. The number of ether oxygens (including phenoxy) is 2. The number of pyridine rings is 2. The average Bonchev–Trinajstić information content (AvgIpc) is 3.52. The van der Waals surface area contributed by atoms with Crippen LogP contribution >= 0.6 is 0 Å². The summed E-state index contributed by atoms with van der Waals surface area (Å²) in [6, 6.07) is 16.9. The molecule has 5 rings (SSSR count). The fourth-order valence-corrected chi connectivity index (χ4v) is 4.03. The number of aromatic nitrogens is 6. The van der Waals surface area contributed by atoms with Crippen molar-refractivity contribution in [2.75, 3.05) is 25.6 Å². The molecular weight excluding hydrogens is 484 g/mol. The summed E-state index contributed by atoms with van der Waals surface area (Å²) >= 11 is 0. The average molecular weight is 511 g/mol. The first-order valence-electron chi connectivity index (χ1n) is 12.0. The number of rotatable bonds is 9. The summed E-state index contributed by atoms with van der Waals surface area (Å²) in [7, 11) is 1.62. The van der Waals surface area contributed by atoms with Crippen molar-refractivity contribution in [2.24, 2.45) is 0 Å². The predicted octanol–water partition coefficient (Wildman–Crippen LogP) is 4.00. The number of hydrogen-bond donors (Lipinski definition) is 2. The number of aliphatic hydroxyl groups is 1. The van der Waals surface area contributed by atoms with Gasteiger partial charge in [-0.05, 0) is 56.3 Å². The van der Waals surface area contributed by atoms with E-state index in [0.29, 0.717) is 36.3 Å². The minimum atomic E-state index is -0.769. The Kier molecular flexibility index (Phi) is 6.99. The molecule has 0 saturated carbocycles. The molecule has 11 nitrogen and oxygen atoms in total. The molecule has 0 fully saturated rings. The number of nitriles is 1. The molecule has 1 unspecified atom stereocenters. The Morgan fingerprint density at radius 3 is 2.63 bits per heavy atom. The van der Waals surface area contributed by atoms with E-state index < -0.39 is 6.10 Å². The zero-order valence-electron chi connectivity index (χ0n) is 21.2. The zero-order valence-corrected chi connectivity index (χ0v) is 21.2. The highest BCUT2D eigenvalue weighted by atomic mass is 16.5. The van der Waals surface area contributed by atoms with Crippen LogP contribution in [-0.2, 0) is 4.74 Å². The molecule has 0 saturated heterocycles. The molecule has 11 heteroatoms. The number of methoxy groups -OCH3 is 1. The summed E-state index contributed by atoms with van der Waals surface area (Å²) in [5.41, 5.74) is 4.91. The van der Waals surface area contributed by atoms with Gasteiger partial charge >= 0.3 is 0 Å². The highest BCUT2D eigenvalue weighted by Gasteiger charge is 2.17. The van der Waals surface area contributed by atoms with Gasteiger partial charge in [-0.2, -0.15) is 10.4 Å². The first kappa shape index (κ1) is 24.9. The van der Waals surface area contributed by atoms with Crippen LogP contribution < -0.4 is 10.1 Å². The number of nitrogens with one attached hydrogen (secondary N) is 1. The van der Waals surface area contributed by atoms with E-state index >= 15 is 0 Å². The Morgan fingerprint density at radius 2 is 1.92 bits per heavy atom. The van der Waals surface area contributed by atoms with Crippen molar-refractivity contribution in [1.29, 1.82) is 5.26 Å². The lowest BCUT2D eigenvalue weighted by Crippen LogP contribution is -2.10. The lowest BCUT2D eigenvalue weighted by molar-refractivity contribution is 0.144. The van der Waals surface area contributed by atoms with Crippen LogP contribution in [0.1, 0.15) is 30.0 Å². The van der Waals surface area contributed by atoms with Crippen LogP contribution in [0.3, 0.4) is 0 Å². The molecule has 0 bridgehead atoms. The number of hydrogen-bond acceptors (Lipinski definition) is 9. The largest absolute Gasteiger partial charge is 0.475 e. The van der Waals surface area contributed by atoms with E-state index in [4.69, 9.17) is 14.5 Å². The smallest absolute Gasteiger partial charge is 0.213 e. The van der Waals surface area contributed by atoms with Crippen LogP contribution in [0.4, 0.5) is 11.4 Å². The van der Waals surface area contributed by atoms with Crippen LogP contribution in [-0.4, -0.2) is 54.7 Å². The van der Waals surface area contributed by atoms with Gasteiger partial charge in [0, 0.05) is 30.1 Å². The van der Waals surface area contributed by atoms with E-state index in [1.54, 1.807) is 43.4 Å². The second kappa shape index (κ2) is 10.7. The second-order valence-corrected chi connectivity index (χ2v) is 8.62. The van der Waals surface area contributed by atoms with Gasteiger partial charge in [-0.15, -0.1) is 0 Å². The van der Waals surface area contributed by atoms with Crippen molar-refractivity contribution >= 4 is 22.4 Å². The van der Waals surface area contributed by atoms with Gasteiger partial charge in [0.2, 0.25) is 5.88 Å². The van der Waals surface area contributed by atoms with Crippen molar-refractivity contribution < 1.29 is 14.6 Å². The Morgan fingerprint density at radius 1 is 1.08 bits per heavy atom. The number of nitrogens with zero attached hydrogens (tertiary/aromatic N) is 7. The fraction of sp³-hybridized carbons (Fsp3) is 0.222. The Hall–Kier alpha value is -4.79. The Balaban J connectivity index is 1.43. The minimum absolute atomic E-state index is 0.280. The van der Waals surface area contributed by atoms with Gasteiger partial charge in [-0.25, -0.2) is 19.6 Å². The third-order valence-corrected chi connectivity index (χ3v) is 5.90. The lowest BCUT2D eigenvalue weighted by Gasteiger charge is -2.14. The van der Waals surface area contributed by atoms with Gasteiger partial charge in [-0.1, -0.05) is 0 Å². The molecular formula is C27H26N8O3. The third-order valence-electron chi connectivity index (χ3n) is 5.90. The molecule has 1 aromatic carbocycles. The summed E-state index contributed by atoms with van der Waals surface area (Å²) in [4.78, 5) is 13.7. The first-order chi connectivity index (χ1) is 18.5. The molecule has 0 spiro atoms. The maximum atomic E-state index is 10.3. The van der Waals surface area contributed by atoms with Crippen LogP contribution in [0.5, 0.6) is 5.88 Å². The second-order valence-electron chi connectivity index (χ2n) is 8.62. The summed E-state index contributed by atoms with van der Waals surface area (Å²) in [5, 5.41) is 27.3. The van der Waals surface area contributed by atoms with E-state index in [9.17, 15) is 10.4 Å². The van der Waals surface area contributed by atoms with E-state index in [1.165, 1.54) is 0 Å². The molecule has 0 aliphatic carbocycles. The molecule has 192 valence electrons. The van der Waals surface area contributed by atoms with Crippen LogP contribution in [0, 0.1) is 18.3 Å². The van der Waals surface area contributed by atoms with E-state index in [2.05, 4.69) is 26.5 Å². The quantitative estimate of drug-likeness (QED) is 0.282. The number of aryl methyl sites for hydroxylation is 1.